The van der Waals surface area contributed by atoms with E-state index in [1.807, 2.05) is 38.1 Å². The van der Waals surface area contributed by atoms with Crippen LogP contribution in [0.1, 0.15) is 11.4 Å². The Hall–Kier alpha value is -1.83. The fraction of sp³-hybridized carbons (Fsp3) is 0.421. The normalized spacial score (nSPS) is 15.0. The van der Waals surface area contributed by atoms with E-state index >= 15 is 0 Å². The third-order valence-corrected chi connectivity index (χ3v) is 5.53. The van der Waals surface area contributed by atoms with Crippen molar-refractivity contribution in [3.05, 3.63) is 40.7 Å². The van der Waals surface area contributed by atoms with Crippen molar-refractivity contribution in [1.29, 1.82) is 0 Å². The first-order valence-corrected chi connectivity index (χ1v) is 10.3. The Kier molecular flexibility index (Phi) is 6.57. The molecule has 0 unspecified atom stereocenters. The first kappa shape index (κ1) is 19.9. The molecule has 0 atom stereocenters. The number of aryl methyl sites for hydroxylation is 2. The number of hydrogen-bond acceptors (Lipinski definition) is 6. The summed E-state index contributed by atoms with van der Waals surface area (Å²) in [6, 6.07) is 7.54. The molecule has 0 bridgehead atoms. The molecule has 1 saturated heterocycles. The van der Waals surface area contributed by atoms with Gasteiger partial charge in [0.15, 0.2) is 5.16 Å². The third-order valence-electron chi connectivity index (χ3n) is 4.37. The Balaban J connectivity index is 1.68. The number of hydrogen-bond donors (Lipinski definition) is 1. The maximum atomic E-state index is 12.5. The second-order valence-electron chi connectivity index (χ2n) is 6.70. The predicted octanol–water partition coefficient (Wildman–Crippen LogP) is 3.23. The van der Waals surface area contributed by atoms with E-state index < -0.39 is 0 Å². The Morgan fingerprint density at radius 2 is 1.85 bits per heavy atom. The molecule has 1 aliphatic heterocycles. The van der Waals surface area contributed by atoms with Crippen molar-refractivity contribution < 1.29 is 4.79 Å². The molecular formula is C19H24ClN5OS. The SMILES string of the molecule is Cc1cc(C)nc(SCC(=O)Nc2cccc(Cl)c2N2CCN(C)CC2)n1. The van der Waals surface area contributed by atoms with E-state index in [0.29, 0.717) is 10.2 Å². The standard InChI is InChI=1S/C19H24ClN5OS/c1-13-11-14(2)22-19(21-13)27-12-17(26)23-16-6-4-5-15(20)18(16)25-9-7-24(3)8-10-25/h4-6,11H,7-10,12H2,1-3H3,(H,23,26). The Morgan fingerprint density at radius 3 is 2.52 bits per heavy atom. The van der Waals surface area contributed by atoms with Gasteiger partial charge < -0.3 is 15.1 Å². The number of carbonyl (C=O) groups excluding carboxylic acids is 1. The Labute approximate surface area is 169 Å². The molecule has 144 valence electrons. The van der Waals surface area contributed by atoms with Crippen LogP contribution in [0, 0.1) is 13.8 Å². The average Bonchev–Trinajstić information content (AvgIpc) is 2.61. The highest BCUT2D eigenvalue weighted by molar-refractivity contribution is 7.99. The molecular weight excluding hydrogens is 382 g/mol. The number of amides is 1. The molecule has 1 aromatic heterocycles. The van der Waals surface area contributed by atoms with Gasteiger partial charge in [0.25, 0.3) is 0 Å². The van der Waals surface area contributed by atoms with Crippen molar-refractivity contribution >= 4 is 40.6 Å². The number of thioether (sulfide) groups is 1. The summed E-state index contributed by atoms with van der Waals surface area (Å²) in [5.74, 6) is 0.151. The van der Waals surface area contributed by atoms with Crippen LogP contribution >= 0.6 is 23.4 Å². The average molecular weight is 406 g/mol. The van der Waals surface area contributed by atoms with E-state index in [4.69, 9.17) is 11.6 Å². The summed E-state index contributed by atoms with van der Waals surface area (Å²) in [6.07, 6.45) is 0. The summed E-state index contributed by atoms with van der Waals surface area (Å²) in [4.78, 5) is 25.7. The zero-order valence-corrected chi connectivity index (χ0v) is 17.4. The number of rotatable bonds is 5. The molecule has 2 heterocycles. The second-order valence-corrected chi connectivity index (χ2v) is 8.05. The number of nitrogens with zero attached hydrogens (tertiary/aromatic N) is 4. The summed E-state index contributed by atoms with van der Waals surface area (Å²) in [7, 11) is 2.11. The molecule has 3 rings (SSSR count). The van der Waals surface area contributed by atoms with E-state index in [2.05, 4.69) is 32.1 Å². The highest BCUT2D eigenvalue weighted by Crippen LogP contribution is 2.34. The van der Waals surface area contributed by atoms with Gasteiger partial charge in [-0.3, -0.25) is 4.79 Å². The van der Waals surface area contributed by atoms with Gasteiger partial charge in [0.1, 0.15) is 0 Å². The highest BCUT2D eigenvalue weighted by Gasteiger charge is 2.20. The summed E-state index contributed by atoms with van der Waals surface area (Å²) in [6.45, 7) is 7.56. The molecule has 0 spiro atoms. The lowest BCUT2D eigenvalue weighted by molar-refractivity contribution is -0.113. The maximum absolute atomic E-state index is 12.5. The first-order valence-electron chi connectivity index (χ1n) is 8.89. The predicted molar refractivity (Wildman–Crippen MR) is 112 cm³/mol. The van der Waals surface area contributed by atoms with Crippen LogP contribution in [0.25, 0.3) is 0 Å². The molecule has 8 heteroatoms. The molecule has 0 aliphatic carbocycles. The molecule has 27 heavy (non-hydrogen) atoms. The molecule has 1 N–H and O–H groups in total. The molecule has 0 radical (unpaired) electrons. The van der Waals surface area contributed by atoms with Gasteiger partial charge in [-0.05, 0) is 39.1 Å². The van der Waals surface area contributed by atoms with Gasteiger partial charge in [-0.2, -0.15) is 0 Å². The lowest BCUT2D eigenvalue weighted by Gasteiger charge is -2.35. The Morgan fingerprint density at radius 1 is 1.19 bits per heavy atom. The summed E-state index contributed by atoms with van der Waals surface area (Å²) in [5.41, 5.74) is 3.45. The van der Waals surface area contributed by atoms with E-state index in [-0.39, 0.29) is 11.7 Å². The van der Waals surface area contributed by atoms with Crippen LogP contribution < -0.4 is 10.2 Å². The van der Waals surface area contributed by atoms with E-state index in [1.165, 1.54) is 11.8 Å². The third kappa shape index (κ3) is 5.34. The van der Waals surface area contributed by atoms with Gasteiger partial charge >= 0.3 is 0 Å². The van der Waals surface area contributed by atoms with Crippen molar-refractivity contribution in [2.24, 2.45) is 0 Å². The van der Waals surface area contributed by atoms with Crippen LogP contribution in [0.15, 0.2) is 29.4 Å². The van der Waals surface area contributed by atoms with Gasteiger partial charge in [-0.25, -0.2) is 9.97 Å². The van der Waals surface area contributed by atoms with Crippen molar-refractivity contribution in [3.63, 3.8) is 0 Å². The number of para-hydroxylation sites is 1. The molecule has 1 aliphatic rings. The van der Waals surface area contributed by atoms with E-state index in [9.17, 15) is 4.79 Å². The number of anilines is 2. The quantitative estimate of drug-likeness (QED) is 0.608. The lowest BCUT2D eigenvalue weighted by atomic mass is 10.2. The maximum Gasteiger partial charge on any atom is 0.234 e. The Bertz CT molecular complexity index is 803. The molecule has 1 aromatic carbocycles. The molecule has 1 amide bonds. The van der Waals surface area contributed by atoms with Gasteiger partial charge in [-0.1, -0.05) is 29.4 Å². The van der Waals surface area contributed by atoms with Crippen molar-refractivity contribution in [1.82, 2.24) is 14.9 Å². The number of aromatic nitrogens is 2. The van der Waals surface area contributed by atoms with Gasteiger partial charge in [0, 0.05) is 37.6 Å². The lowest BCUT2D eigenvalue weighted by Crippen LogP contribution is -2.44. The monoisotopic (exact) mass is 405 g/mol. The van der Waals surface area contributed by atoms with Crippen LogP contribution in [0.3, 0.4) is 0 Å². The molecule has 6 nitrogen and oxygen atoms in total. The van der Waals surface area contributed by atoms with Crippen LogP contribution in [-0.2, 0) is 4.79 Å². The highest BCUT2D eigenvalue weighted by atomic mass is 35.5. The zero-order chi connectivity index (χ0) is 19.4. The fourth-order valence-electron chi connectivity index (χ4n) is 3.04. The zero-order valence-electron chi connectivity index (χ0n) is 15.8. The largest absolute Gasteiger partial charge is 0.366 e. The number of halogens is 1. The minimum Gasteiger partial charge on any atom is -0.366 e. The summed E-state index contributed by atoms with van der Waals surface area (Å²) in [5, 5.41) is 4.28. The number of piperazine rings is 1. The van der Waals surface area contributed by atoms with Gasteiger partial charge in [-0.15, -0.1) is 0 Å². The van der Waals surface area contributed by atoms with E-state index in [0.717, 1.165) is 48.9 Å². The van der Waals surface area contributed by atoms with Crippen molar-refractivity contribution in [2.45, 2.75) is 19.0 Å². The first-order chi connectivity index (χ1) is 12.9. The molecule has 1 fully saturated rings. The smallest absolute Gasteiger partial charge is 0.234 e. The van der Waals surface area contributed by atoms with Gasteiger partial charge in [0.2, 0.25) is 5.91 Å². The van der Waals surface area contributed by atoms with Crippen LogP contribution in [-0.4, -0.2) is 59.8 Å². The summed E-state index contributed by atoms with van der Waals surface area (Å²) < 4.78 is 0. The topological polar surface area (TPSA) is 61.4 Å². The number of nitrogens with one attached hydrogen (secondary N) is 1. The molecule has 2 aromatic rings. The van der Waals surface area contributed by atoms with Crippen LogP contribution in [0.5, 0.6) is 0 Å². The van der Waals surface area contributed by atoms with E-state index in [1.54, 1.807) is 0 Å². The number of carbonyl (C=O) groups is 1. The van der Waals surface area contributed by atoms with Crippen molar-refractivity contribution in [3.8, 4) is 0 Å². The van der Waals surface area contributed by atoms with Crippen molar-refractivity contribution in [2.75, 3.05) is 49.2 Å². The minimum atomic E-state index is -0.0968. The van der Waals surface area contributed by atoms with Crippen LogP contribution in [0.2, 0.25) is 5.02 Å². The summed E-state index contributed by atoms with van der Waals surface area (Å²) >= 11 is 7.79. The number of likely N-dealkylation sites (N-methyl/N-ethyl adjacent to an activating group) is 1. The second kappa shape index (κ2) is 8.91. The minimum absolute atomic E-state index is 0.0968. The van der Waals surface area contributed by atoms with Gasteiger partial charge in [0.05, 0.1) is 22.2 Å². The fourth-order valence-corrected chi connectivity index (χ4v) is 4.09. The van der Waals surface area contributed by atoms with Crippen LogP contribution in [0.4, 0.5) is 11.4 Å². The molecule has 0 saturated carbocycles. The number of benzene rings is 1.